The molecule has 1 rings (SSSR count). The highest BCUT2D eigenvalue weighted by Crippen LogP contribution is 2.40. The largest absolute Gasteiger partial charge is 0.495 e. The first-order chi connectivity index (χ1) is 9.07. The molecule has 0 atom stereocenters. The van der Waals surface area contributed by atoms with Gasteiger partial charge in [-0.3, -0.25) is 4.79 Å². The summed E-state index contributed by atoms with van der Waals surface area (Å²) >= 11 is 0. The Morgan fingerprint density at radius 1 is 1.10 bits per heavy atom. The third-order valence-electron chi connectivity index (χ3n) is 2.28. The fourth-order valence-corrected chi connectivity index (χ4v) is 1.44. The molecule has 0 fully saturated rings. The van der Waals surface area contributed by atoms with Crippen LogP contribution in [0.2, 0.25) is 0 Å². The number of ether oxygens (including phenoxy) is 1. The second-order valence-electron chi connectivity index (χ2n) is 3.71. The van der Waals surface area contributed by atoms with Crippen LogP contribution in [0, 0.1) is 5.92 Å². The quantitative estimate of drug-likeness (QED) is 0.869. The molecule has 0 heterocycles. The molecule has 1 aromatic carbocycles. The number of amides is 1. The molecule has 20 heavy (non-hydrogen) atoms. The van der Waals surface area contributed by atoms with E-state index in [9.17, 15) is 31.1 Å². The number of rotatable bonds is 3. The zero-order valence-electron chi connectivity index (χ0n) is 9.97. The minimum absolute atomic E-state index is 0.0519. The predicted molar refractivity (Wildman–Crippen MR) is 57.2 cm³/mol. The third-order valence-corrected chi connectivity index (χ3v) is 2.28. The van der Waals surface area contributed by atoms with Gasteiger partial charge >= 0.3 is 12.4 Å². The van der Waals surface area contributed by atoms with Crippen LogP contribution in [0.5, 0.6) is 5.75 Å². The summed E-state index contributed by atoms with van der Waals surface area (Å²) in [5.41, 5.74) is -0.279. The first-order valence-electron chi connectivity index (χ1n) is 5.14. The van der Waals surface area contributed by atoms with Crippen molar-refractivity contribution < 1.29 is 35.9 Å². The summed E-state index contributed by atoms with van der Waals surface area (Å²) in [6.07, 6.45) is -11.5. The first-order valence-corrected chi connectivity index (χ1v) is 5.14. The van der Waals surface area contributed by atoms with E-state index in [0.29, 0.717) is 0 Å². The van der Waals surface area contributed by atoms with Gasteiger partial charge in [-0.1, -0.05) is 12.1 Å². The van der Waals surface area contributed by atoms with E-state index in [1.165, 1.54) is 18.2 Å². The van der Waals surface area contributed by atoms with Gasteiger partial charge in [0.15, 0.2) is 0 Å². The van der Waals surface area contributed by atoms with Crippen LogP contribution in [-0.4, -0.2) is 25.4 Å². The van der Waals surface area contributed by atoms with Crippen LogP contribution in [0.4, 0.5) is 32.0 Å². The summed E-state index contributed by atoms with van der Waals surface area (Å²) in [6, 6.07) is 5.18. The van der Waals surface area contributed by atoms with Gasteiger partial charge in [-0.15, -0.1) is 0 Å². The van der Waals surface area contributed by atoms with Crippen LogP contribution in [0.25, 0.3) is 0 Å². The molecule has 0 aliphatic carbocycles. The average molecular weight is 301 g/mol. The number of halogens is 6. The number of hydrogen-bond donors (Lipinski definition) is 1. The molecule has 112 valence electrons. The van der Waals surface area contributed by atoms with E-state index in [4.69, 9.17) is 4.74 Å². The number of para-hydroxylation sites is 2. The van der Waals surface area contributed by atoms with E-state index < -0.39 is 24.2 Å². The summed E-state index contributed by atoms with van der Waals surface area (Å²) in [7, 11) is 1.16. The molecular formula is C11H9F6NO2. The summed E-state index contributed by atoms with van der Waals surface area (Å²) in [4.78, 5) is 11.3. The Morgan fingerprint density at radius 3 is 2.05 bits per heavy atom. The maximum absolute atomic E-state index is 12.3. The van der Waals surface area contributed by atoms with Crippen LogP contribution in [0.1, 0.15) is 0 Å². The number of anilines is 1. The maximum Gasteiger partial charge on any atom is 0.409 e. The number of carbonyl (C=O) groups is 1. The van der Waals surface area contributed by atoms with Gasteiger partial charge in [0.1, 0.15) is 5.75 Å². The molecule has 3 nitrogen and oxygen atoms in total. The Kier molecular flexibility index (Phi) is 4.51. The Bertz CT molecular complexity index is 469. The molecule has 0 aromatic heterocycles. The summed E-state index contributed by atoms with van der Waals surface area (Å²) in [5.74, 6) is -6.36. The smallest absolute Gasteiger partial charge is 0.409 e. The van der Waals surface area contributed by atoms with Crippen molar-refractivity contribution in [3.05, 3.63) is 24.3 Å². The van der Waals surface area contributed by atoms with Crippen molar-refractivity contribution in [2.75, 3.05) is 12.4 Å². The fourth-order valence-electron chi connectivity index (χ4n) is 1.44. The van der Waals surface area contributed by atoms with E-state index in [1.807, 2.05) is 0 Å². The number of methoxy groups -OCH3 is 1. The lowest BCUT2D eigenvalue weighted by Gasteiger charge is -2.22. The zero-order valence-corrected chi connectivity index (χ0v) is 9.97. The van der Waals surface area contributed by atoms with E-state index in [0.717, 1.165) is 13.2 Å². The number of benzene rings is 1. The lowest BCUT2D eigenvalue weighted by atomic mass is 10.1. The minimum atomic E-state index is -5.73. The highest BCUT2D eigenvalue weighted by atomic mass is 19.4. The molecule has 1 aromatic rings. The van der Waals surface area contributed by atoms with Gasteiger partial charge in [-0.25, -0.2) is 0 Å². The highest BCUT2D eigenvalue weighted by molar-refractivity contribution is 5.94. The Morgan fingerprint density at radius 2 is 1.60 bits per heavy atom. The van der Waals surface area contributed by atoms with Gasteiger partial charge in [0.25, 0.3) is 0 Å². The number of carbonyl (C=O) groups excluding carboxylic acids is 1. The third kappa shape index (κ3) is 3.78. The molecule has 1 amide bonds. The molecule has 0 bridgehead atoms. The van der Waals surface area contributed by atoms with Gasteiger partial charge < -0.3 is 10.1 Å². The van der Waals surface area contributed by atoms with Crippen molar-refractivity contribution in [2.45, 2.75) is 12.4 Å². The van der Waals surface area contributed by atoms with Crippen molar-refractivity contribution in [1.82, 2.24) is 0 Å². The van der Waals surface area contributed by atoms with Crippen molar-refractivity contribution in [3.63, 3.8) is 0 Å². The Balaban J connectivity index is 3.04. The van der Waals surface area contributed by atoms with Gasteiger partial charge in [0.2, 0.25) is 11.8 Å². The van der Waals surface area contributed by atoms with Crippen LogP contribution in [0.15, 0.2) is 24.3 Å². The minimum Gasteiger partial charge on any atom is -0.495 e. The first kappa shape index (κ1) is 16.1. The molecular weight excluding hydrogens is 292 g/mol. The Hall–Kier alpha value is -1.93. The van der Waals surface area contributed by atoms with E-state index in [2.05, 4.69) is 0 Å². The number of nitrogens with one attached hydrogen (secondary N) is 1. The van der Waals surface area contributed by atoms with Crippen LogP contribution >= 0.6 is 0 Å². The molecule has 9 heteroatoms. The van der Waals surface area contributed by atoms with Crippen LogP contribution in [0.3, 0.4) is 0 Å². The Labute approximate surface area is 109 Å². The second-order valence-corrected chi connectivity index (χ2v) is 3.71. The molecule has 0 aliphatic heterocycles. The van der Waals surface area contributed by atoms with E-state index >= 15 is 0 Å². The van der Waals surface area contributed by atoms with Crippen LogP contribution < -0.4 is 10.1 Å². The molecule has 0 spiro atoms. The number of alkyl halides is 6. The van der Waals surface area contributed by atoms with Crippen molar-refractivity contribution >= 4 is 11.6 Å². The molecule has 0 unspecified atom stereocenters. The topological polar surface area (TPSA) is 38.3 Å². The van der Waals surface area contributed by atoms with Crippen LogP contribution in [-0.2, 0) is 4.79 Å². The van der Waals surface area contributed by atoms with Crippen molar-refractivity contribution in [2.24, 2.45) is 5.92 Å². The van der Waals surface area contributed by atoms with E-state index in [1.54, 1.807) is 5.32 Å². The zero-order chi connectivity index (χ0) is 15.6. The molecule has 0 aliphatic rings. The van der Waals surface area contributed by atoms with Crippen molar-refractivity contribution in [3.8, 4) is 5.75 Å². The molecule has 1 N–H and O–H groups in total. The summed E-state index contributed by atoms with van der Waals surface area (Å²) in [6.45, 7) is 0. The predicted octanol–water partition coefficient (Wildman–Crippen LogP) is 3.37. The molecule has 0 saturated heterocycles. The lowest BCUT2D eigenvalue weighted by Crippen LogP contribution is -2.45. The van der Waals surface area contributed by atoms with Gasteiger partial charge in [0, 0.05) is 0 Å². The lowest BCUT2D eigenvalue weighted by molar-refractivity contribution is -0.272. The molecule has 0 saturated carbocycles. The summed E-state index contributed by atoms with van der Waals surface area (Å²) < 4.78 is 78.8. The van der Waals surface area contributed by atoms with Crippen molar-refractivity contribution in [1.29, 1.82) is 0 Å². The highest BCUT2D eigenvalue weighted by Gasteiger charge is 2.61. The standard InChI is InChI=1S/C11H9F6NO2/c1-20-7-5-3-2-4-6(7)18-9(19)8(10(12,13)14)11(15,16)17/h2-5,8H,1H3,(H,18,19). The normalized spacial score (nSPS) is 12.4. The SMILES string of the molecule is COc1ccccc1NC(=O)C(C(F)(F)F)C(F)(F)F. The van der Waals surface area contributed by atoms with Gasteiger partial charge in [-0.2, -0.15) is 26.3 Å². The van der Waals surface area contributed by atoms with Gasteiger partial charge in [-0.05, 0) is 12.1 Å². The molecule has 0 radical (unpaired) electrons. The number of hydrogen-bond acceptors (Lipinski definition) is 2. The van der Waals surface area contributed by atoms with E-state index in [-0.39, 0.29) is 11.4 Å². The maximum atomic E-state index is 12.3. The monoisotopic (exact) mass is 301 g/mol. The fraction of sp³-hybridized carbons (Fsp3) is 0.364. The summed E-state index contributed by atoms with van der Waals surface area (Å²) in [5, 5.41) is 1.57. The average Bonchev–Trinajstić information content (AvgIpc) is 2.25. The van der Waals surface area contributed by atoms with Gasteiger partial charge in [0.05, 0.1) is 12.8 Å². The second kappa shape index (κ2) is 5.59.